The minimum absolute atomic E-state index is 0.0208. The number of rotatable bonds is 6. The van der Waals surface area contributed by atoms with Crippen molar-refractivity contribution in [2.24, 2.45) is 5.92 Å². The molecule has 0 radical (unpaired) electrons. The average molecular weight is 372 g/mol. The summed E-state index contributed by atoms with van der Waals surface area (Å²) in [5.74, 6) is 0.943. The molecule has 1 fully saturated rings. The summed E-state index contributed by atoms with van der Waals surface area (Å²) in [6.07, 6.45) is 0.273. The normalized spacial score (nSPS) is 18.0. The third-order valence-electron chi connectivity index (χ3n) is 5.08. The molecule has 2 amide bonds. The molecular weight excluding hydrogens is 344 g/mol. The maximum Gasteiger partial charge on any atom is 0.245 e. The van der Waals surface area contributed by atoms with E-state index in [4.69, 9.17) is 0 Å². The molecule has 1 aromatic heterocycles. The van der Waals surface area contributed by atoms with Crippen LogP contribution in [0.4, 0.5) is 0 Å². The molecule has 146 valence electrons. The number of aryl methyl sites for hydroxylation is 1. The lowest BCUT2D eigenvalue weighted by atomic mass is 10.1. The van der Waals surface area contributed by atoms with Gasteiger partial charge >= 0.3 is 0 Å². The number of piperazine rings is 1. The van der Waals surface area contributed by atoms with Gasteiger partial charge in [-0.1, -0.05) is 26.0 Å². The lowest BCUT2D eigenvalue weighted by Crippen LogP contribution is -2.58. The molecule has 2 aromatic rings. The summed E-state index contributed by atoms with van der Waals surface area (Å²) in [6.45, 7) is 8.12. The number of nitrogens with zero attached hydrogens (tertiary/aromatic N) is 4. The number of aromatic nitrogens is 2. The third kappa shape index (κ3) is 3.98. The molecule has 1 unspecified atom stereocenters. The van der Waals surface area contributed by atoms with Gasteiger partial charge in [-0.05, 0) is 25.0 Å². The van der Waals surface area contributed by atoms with E-state index in [0.29, 0.717) is 31.4 Å². The predicted octanol–water partition coefficient (Wildman–Crippen LogP) is 1.63. The maximum atomic E-state index is 12.8. The topological polar surface area (TPSA) is 78.7 Å². The summed E-state index contributed by atoms with van der Waals surface area (Å²) in [5, 5.41) is 9.58. The van der Waals surface area contributed by atoms with Crippen LogP contribution in [-0.4, -0.2) is 61.9 Å². The van der Waals surface area contributed by atoms with Gasteiger partial charge in [-0.15, -0.1) is 0 Å². The van der Waals surface area contributed by atoms with E-state index in [1.807, 2.05) is 33.7 Å². The summed E-state index contributed by atoms with van der Waals surface area (Å²) < 4.78 is 1.88. The van der Waals surface area contributed by atoms with Crippen LogP contribution in [0.25, 0.3) is 11.0 Å². The van der Waals surface area contributed by atoms with E-state index in [1.165, 1.54) is 0 Å². The lowest BCUT2D eigenvalue weighted by Gasteiger charge is -2.40. The summed E-state index contributed by atoms with van der Waals surface area (Å²) in [7, 11) is 0. The molecular formula is C20H28N4O3. The van der Waals surface area contributed by atoms with E-state index in [-0.39, 0.29) is 24.8 Å². The fourth-order valence-electron chi connectivity index (χ4n) is 3.74. The Morgan fingerprint density at radius 3 is 2.74 bits per heavy atom. The number of imidazole rings is 1. The van der Waals surface area contributed by atoms with Crippen molar-refractivity contribution in [2.45, 2.75) is 46.4 Å². The second kappa shape index (κ2) is 8.08. The van der Waals surface area contributed by atoms with Gasteiger partial charge in [-0.25, -0.2) is 4.98 Å². The first-order valence-corrected chi connectivity index (χ1v) is 9.55. The molecule has 0 aliphatic carbocycles. The first-order valence-electron chi connectivity index (χ1n) is 9.55. The SMILES string of the molecule is CC(C)CN1CCN(C(=O)CCn2c(CO)nc3ccccc32)C(C)C1=O. The Morgan fingerprint density at radius 2 is 2.04 bits per heavy atom. The van der Waals surface area contributed by atoms with Crippen molar-refractivity contribution in [3.05, 3.63) is 30.1 Å². The molecule has 1 atom stereocenters. The largest absolute Gasteiger partial charge is 0.388 e. The molecule has 0 bridgehead atoms. The quantitative estimate of drug-likeness (QED) is 0.836. The number of para-hydroxylation sites is 2. The van der Waals surface area contributed by atoms with Crippen LogP contribution in [0.5, 0.6) is 0 Å². The smallest absolute Gasteiger partial charge is 0.245 e. The molecule has 2 heterocycles. The van der Waals surface area contributed by atoms with Crippen LogP contribution in [0.15, 0.2) is 24.3 Å². The van der Waals surface area contributed by atoms with Crippen molar-refractivity contribution in [2.75, 3.05) is 19.6 Å². The summed E-state index contributed by atoms with van der Waals surface area (Å²) in [5.41, 5.74) is 1.71. The van der Waals surface area contributed by atoms with Crippen molar-refractivity contribution < 1.29 is 14.7 Å². The third-order valence-corrected chi connectivity index (χ3v) is 5.08. The van der Waals surface area contributed by atoms with Crippen molar-refractivity contribution >= 4 is 22.8 Å². The van der Waals surface area contributed by atoms with Gasteiger partial charge in [0.25, 0.3) is 0 Å². The van der Waals surface area contributed by atoms with Crippen LogP contribution in [0.1, 0.15) is 33.0 Å². The van der Waals surface area contributed by atoms with Gasteiger partial charge in [0.05, 0.1) is 11.0 Å². The number of hydrogen-bond donors (Lipinski definition) is 1. The summed E-state index contributed by atoms with van der Waals surface area (Å²) >= 11 is 0. The van der Waals surface area contributed by atoms with Crippen LogP contribution in [-0.2, 0) is 22.7 Å². The average Bonchev–Trinajstić information content (AvgIpc) is 3.01. The van der Waals surface area contributed by atoms with Crippen molar-refractivity contribution in [1.29, 1.82) is 0 Å². The van der Waals surface area contributed by atoms with Gasteiger partial charge in [0.1, 0.15) is 18.5 Å². The van der Waals surface area contributed by atoms with Crippen LogP contribution in [0, 0.1) is 5.92 Å². The molecule has 1 aliphatic heterocycles. The van der Waals surface area contributed by atoms with Gasteiger partial charge in [0.2, 0.25) is 11.8 Å². The molecule has 7 heteroatoms. The van der Waals surface area contributed by atoms with Crippen LogP contribution < -0.4 is 0 Å². The molecule has 0 spiro atoms. The van der Waals surface area contributed by atoms with Crippen molar-refractivity contribution in [1.82, 2.24) is 19.4 Å². The van der Waals surface area contributed by atoms with E-state index in [1.54, 1.807) is 11.8 Å². The number of hydrogen-bond acceptors (Lipinski definition) is 4. The predicted molar refractivity (Wildman–Crippen MR) is 103 cm³/mol. The van der Waals surface area contributed by atoms with E-state index in [2.05, 4.69) is 18.8 Å². The number of benzene rings is 1. The highest BCUT2D eigenvalue weighted by molar-refractivity contribution is 5.88. The first-order chi connectivity index (χ1) is 12.9. The fraction of sp³-hybridized carbons (Fsp3) is 0.550. The molecule has 1 aliphatic rings. The Hall–Kier alpha value is -2.41. The Morgan fingerprint density at radius 1 is 1.30 bits per heavy atom. The molecule has 3 rings (SSSR count). The highest BCUT2D eigenvalue weighted by atomic mass is 16.3. The van der Waals surface area contributed by atoms with E-state index in [9.17, 15) is 14.7 Å². The van der Waals surface area contributed by atoms with Crippen LogP contribution in [0.3, 0.4) is 0 Å². The maximum absolute atomic E-state index is 12.8. The van der Waals surface area contributed by atoms with Gasteiger partial charge in [-0.2, -0.15) is 0 Å². The number of carbonyl (C=O) groups excluding carboxylic acids is 2. The molecule has 0 saturated carbocycles. The molecule has 1 N–H and O–H groups in total. The zero-order valence-corrected chi connectivity index (χ0v) is 16.3. The summed E-state index contributed by atoms with van der Waals surface area (Å²) in [6, 6.07) is 7.21. The Balaban J connectivity index is 1.67. The van der Waals surface area contributed by atoms with Gasteiger partial charge in [0, 0.05) is 32.6 Å². The van der Waals surface area contributed by atoms with E-state index >= 15 is 0 Å². The zero-order chi connectivity index (χ0) is 19.6. The standard InChI is InChI=1S/C20H28N4O3/c1-14(2)12-22-10-11-23(15(3)20(22)27)19(26)8-9-24-17-7-5-4-6-16(17)21-18(24)13-25/h4-7,14-15,25H,8-13H2,1-3H3. The number of fused-ring (bicyclic) bond motifs is 1. The van der Waals surface area contributed by atoms with Crippen LogP contribution >= 0.6 is 0 Å². The number of aliphatic hydroxyl groups excluding tert-OH is 1. The van der Waals surface area contributed by atoms with Gasteiger partial charge in [0.15, 0.2) is 0 Å². The summed E-state index contributed by atoms with van der Waals surface area (Å²) in [4.78, 5) is 33.3. The Labute approximate surface area is 159 Å². The minimum atomic E-state index is -0.429. The Bertz CT molecular complexity index is 830. The van der Waals surface area contributed by atoms with Gasteiger partial charge < -0.3 is 19.5 Å². The molecule has 1 saturated heterocycles. The van der Waals surface area contributed by atoms with E-state index in [0.717, 1.165) is 17.6 Å². The van der Waals surface area contributed by atoms with Gasteiger partial charge in [-0.3, -0.25) is 9.59 Å². The minimum Gasteiger partial charge on any atom is -0.388 e. The number of amides is 2. The highest BCUT2D eigenvalue weighted by Gasteiger charge is 2.34. The molecule has 1 aromatic carbocycles. The number of aliphatic hydroxyl groups is 1. The fourth-order valence-corrected chi connectivity index (χ4v) is 3.74. The second-order valence-corrected chi connectivity index (χ2v) is 7.52. The highest BCUT2D eigenvalue weighted by Crippen LogP contribution is 2.18. The first kappa shape index (κ1) is 19.4. The number of carbonyl (C=O) groups is 2. The van der Waals surface area contributed by atoms with Crippen LogP contribution in [0.2, 0.25) is 0 Å². The Kier molecular flexibility index (Phi) is 5.79. The molecule has 27 heavy (non-hydrogen) atoms. The zero-order valence-electron chi connectivity index (χ0n) is 16.3. The second-order valence-electron chi connectivity index (χ2n) is 7.52. The monoisotopic (exact) mass is 372 g/mol. The van der Waals surface area contributed by atoms with E-state index < -0.39 is 6.04 Å². The van der Waals surface area contributed by atoms with Crippen molar-refractivity contribution in [3.8, 4) is 0 Å². The van der Waals surface area contributed by atoms with Crippen molar-refractivity contribution in [3.63, 3.8) is 0 Å². The molecule has 7 nitrogen and oxygen atoms in total. The lowest BCUT2D eigenvalue weighted by molar-refractivity contribution is -0.151.